The van der Waals surface area contributed by atoms with Gasteiger partial charge in [-0.25, -0.2) is 0 Å². The van der Waals surface area contributed by atoms with Crippen LogP contribution >= 0.6 is 0 Å². The number of likely N-dealkylation sites (tertiary alicyclic amines) is 1. The Morgan fingerprint density at radius 3 is 2.05 bits per heavy atom. The van der Waals surface area contributed by atoms with E-state index in [2.05, 4.69) is 83.0 Å². The lowest BCUT2D eigenvalue weighted by Gasteiger charge is -2.23. The summed E-state index contributed by atoms with van der Waals surface area (Å²) in [6, 6.07) is 5.92. The summed E-state index contributed by atoms with van der Waals surface area (Å²) in [7, 11) is 0. The average Bonchev–Trinajstić information content (AvgIpc) is 3.35. The summed E-state index contributed by atoms with van der Waals surface area (Å²) in [6.45, 7) is 18.7. The lowest BCUT2D eigenvalue weighted by atomic mass is 10.1. The Labute approximate surface area is 238 Å². The Kier molecular flexibility index (Phi) is 14.7. The molecule has 1 amide bonds. The third-order valence-electron chi connectivity index (χ3n) is 7.13. The van der Waals surface area contributed by atoms with Gasteiger partial charge in [0.15, 0.2) is 11.5 Å². The predicted octanol–water partition coefficient (Wildman–Crippen LogP) is 8.04. The van der Waals surface area contributed by atoms with E-state index in [0.717, 1.165) is 45.2 Å². The molecule has 39 heavy (non-hydrogen) atoms. The smallest absolute Gasteiger partial charge is 0.251 e. The van der Waals surface area contributed by atoms with Gasteiger partial charge in [0.2, 0.25) is 0 Å². The number of ether oxygens (including phenoxy) is 2. The first-order valence-electron chi connectivity index (χ1n) is 14.7. The highest BCUT2D eigenvalue weighted by molar-refractivity contribution is 5.94. The van der Waals surface area contributed by atoms with Crippen LogP contribution in [0.3, 0.4) is 0 Å². The van der Waals surface area contributed by atoms with Crippen LogP contribution in [0.1, 0.15) is 97.3 Å². The summed E-state index contributed by atoms with van der Waals surface area (Å²) in [6.07, 6.45) is 15.2. The molecule has 0 saturated carbocycles. The molecule has 1 N–H and O–H groups in total. The van der Waals surface area contributed by atoms with Gasteiger partial charge in [-0.05, 0) is 124 Å². The van der Waals surface area contributed by atoms with E-state index < -0.39 is 0 Å². The van der Waals surface area contributed by atoms with Crippen molar-refractivity contribution in [3.05, 3.63) is 70.4 Å². The fourth-order valence-electron chi connectivity index (χ4n) is 4.67. The maximum absolute atomic E-state index is 13.0. The highest BCUT2D eigenvalue weighted by Crippen LogP contribution is 2.29. The van der Waals surface area contributed by atoms with E-state index in [0.29, 0.717) is 42.9 Å². The van der Waals surface area contributed by atoms with E-state index in [9.17, 15) is 4.79 Å². The highest BCUT2D eigenvalue weighted by atomic mass is 16.5. The second-order valence-corrected chi connectivity index (χ2v) is 11.2. The van der Waals surface area contributed by atoms with Crippen molar-refractivity contribution >= 4 is 5.91 Å². The number of nitrogens with one attached hydrogen (secondary N) is 1. The normalized spacial score (nSPS) is 16.1. The van der Waals surface area contributed by atoms with Crippen LogP contribution in [0.4, 0.5) is 0 Å². The van der Waals surface area contributed by atoms with Gasteiger partial charge in [0.1, 0.15) is 13.2 Å². The largest absolute Gasteiger partial charge is 0.486 e. The molecule has 1 aromatic rings. The number of nitrogens with zero attached hydrogens (tertiary/aromatic N) is 1. The number of amides is 1. The van der Waals surface area contributed by atoms with Gasteiger partial charge >= 0.3 is 0 Å². The maximum Gasteiger partial charge on any atom is 0.251 e. The van der Waals surface area contributed by atoms with E-state index in [1.807, 2.05) is 18.2 Å². The van der Waals surface area contributed by atoms with Gasteiger partial charge < -0.3 is 14.8 Å². The summed E-state index contributed by atoms with van der Waals surface area (Å²) >= 11 is 0. The lowest BCUT2D eigenvalue weighted by Crippen LogP contribution is -2.40. The first-order chi connectivity index (χ1) is 18.7. The molecule has 216 valence electrons. The molecule has 1 fully saturated rings. The van der Waals surface area contributed by atoms with Crippen molar-refractivity contribution in [2.45, 2.75) is 93.0 Å². The molecule has 1 aromatic carbocycles. The average molecular weight is 537 g/mol. The summed E-state index contributed by atoms with van der Waals surface area (Å²) in [5, 5.41) is 3.14. The molecule has 0 spiro atoms. The fraction of sp³-hybridized carbons (Fsp3) is 0.559. The van der Waals surface area contributed by atoms with Crippen molar-refractivity contribution < 1.29 is 14.3 Å². The SMILES string of the molecule is CCN1CCCC1CNC(=O)c1ccc(OCC=C(C)CCC=C(C)C)c(OCC=C(C)CCC=C(C)C)c1. The monoisotopic (exact) mass is 536 g/mol. The Balaban J connectivity index is 2.07. The molecule has 0 aromatic heterocycles. The van der Waals surface area contributed by atoms with Crippen molar-refractivity contribution in [1.82, 2.24) is 10.2 Å². The first-order valence-corrected chi connectivity index (χ1v) is 14.7. The van der Waals surface area contributed by atoms with Crippen molar-refractivity contribution in [3.8, 4) is 11.5 Å². The molecule has 1 saturated heterocycles. The summed E-state index contributed by atoms with van der Waals surface area (Å²) < 4.78 is 12.3. The van der Waals surface area contributed by atoms with Crippen molar-refractivity contribution in [2.24, 2.45) is 0 Å². The van der Waals surface area contributed by atoms with Gasteiger partial charge in [-0.15, -0.1) is 0 Å². The van der Waals surface area contributed by atoms with E-state index >= 15 is 0 Å². The Hall–Kier alpha value is -2.79. The number of allylic oxidation sites excluding steroid dienone is 6. The van der Waals surface area contributed by atoms with Crippen LogP contribution in [0.5, 0.6) is 11.5 Å². The molecule has 2 rings (SSSR count). The van der Waals surface area contributed by atoms with E-state index in [1.165, 1.54) is 28.7 Å². The van der Waals surface area contributed by atoms with Crippen LogP contribution in [0.15, 0.2) is 64.8 Å². The zero-order valence-electron chi connectivity index (χ0n) is 25.6. The number of benzene rings is 1. The quantitative estimate of drug-likeness (QED) is 0.217. The van der Waals surface area contributed by atoms with Crippen molar-refractivity contribution in [1.29, 1.82) is 0 Å². The summed E-state index contributed by atoms with van der Waals surface area (Å²) in [5.41, 5.74) is 5.87. The number of rotatable bonds is 16. The van der Waals surface area contributed by atoms with Gasteiger partial charge in [0, 0.05) is 18.2 Å². The molecule has 1 heterocycles. The molecule has 0 radical (unpaired) electrons. The minimum Gasteiger partial charge on any atom is -0.486 e. The first kappa shape index (κ1) is 32.4. The molecule has 5 heteroatoms. The van der Waals surface area contributed by atoms with Crippen LogP contribution in [0.25, 0.3) is 0 Å². The molecule has 0 aliphatic carbocycles. The van der Waals surface area contributed by atoms with Gasteiger partial charge in [0.05, 0.1) is 0 Å². The standard InChI is InChI=1S/C34H52N2O3/c1-8-36-21-11-16-31(36)25-35-34(37)30-17-18-32(38-22-19-28(6)14-9-12-26(2)3)33(24-30)39-23-20-29(7)15-10-13-27(4)5/h12-13,17-20,24,31H,8-11,14-16,21-23,25H2,1-7H3,(H,35,37). The summed E-state index contributed by atoms with van der Waals surface area (Å²) in [4.78, 5) is 15.4. The molecule has 1 atom stereocenters. The minimum atomic E-state index is -0.0715. The van der Waals surface area contributed by atoms with Crippen LogP contribution in [0.2, 0.25) is 0 Å². The number of carbonyl (C=O) groups excluding carboxylic acids is 1. The Bertz CT molecular complexity index is 1030. The number of hydrogen-bond donors (Lipinski definition) is 1. The molecular formula is C34H52N2O3. The van der Waals surface area contributed by atoms with Gasteiger partial charge in [-0.1, -0.05) is 41.4 Å². The Morgan fingerprint density at radius 1 is 0.897 bits per heavy atom. The molecule has 5 nitrogen and oxygen atoms in total. The topological polar surface area (TPSA) is 50.8 Å². The van der Waals surface area contributed by atoms with E-state index in [4.69, 9.17) is 9.47 Å². The van der Waals surface area contributed by atoms with Gasteiger partial charge in [-0.3, -0.25) is 9.69 Å². The lowest BCUT2D eigenvalue weighted by molar-refractivity contribution is 0.0941. The third kappa shape index (κ3) is 12.7. The van der Waals surface area contributed by atoms with E-state index in [-0.39, 0.29) is 5.91 Å². The van der Waals surface area contributed by atoms with Crippen molar-refractivity contribution in [3.63, 3.8) is 0 Å². The zero-order valence-corrected chi connectivity index (χ0v) is 25.6. The molecule has 0 bridgehead atoms. The van der Waals surface area contributed by atoms with Crippen LogP contribution in [0, 0.1) is 0 Å². The molecule has 1 unspecified atom stereocenters. The minimum absolute atomic E-state index is 0.0715. The number of likely N-dealkylation sites (N-methyl/N-ethyl adjacent to an activating group) is 1. The van der Waals surface area contributed by atoms with Crippen LogP contribution < -0.4 is 14.8 Å². The van der Waals surface area contributed by atoms with Crippen LogP contribution in [-0.4, -0.2) is 49.7 Å². The molecule has 1 aliphatic rings. The molecular weight excluding hydrogens is 484 g/mol. The van der Waals surface area contributed by atoms with E-state index in [1.54, 1.807) is 0 Å². The third-order valence-corrected chi connectivity index (χ3v) is 7.13. The fourth-order valence-corrected chi connectivity index (χ4v) is 4.67. The second-order valence-electron chi connectivity index (χ2n) is 11.2. The van der Waals surface area contributed by atoms with Gasteiger partial charge in [0.25, 0.3) is 5.91 Å². The van der Waals surface area contributed by atoms with Crippen LogP contribution in [-0.2, 0) is 0 Å². The molecule has 1 aliphatic heterocycles. The highest BCUT2D eigenvalue weighted by Gasteiger charge is 2.23. The van der Waals surface area contributed by atoms with Gasteiger partial charge in [-0.2, -0.15) is 0 Å². The summed E-state index contributed by atoms with van der Waals surface area (Å²) in [5.74, 6) is 1.18. The maximum atomic E-state index is 13.0. The number of hydrogen-bond acceptors (Lipinski definition) is 4. The number of carbonyl (C=O) groups is 1. The zero-order chi connectivity index (χ0) is 28.6. The van der Waals surface area contributed by atoms with Crippen molar-refractivity contribution in [2.75, 3.05) is 32.8 Å². The Morgan fingerprint density at radius 2 is 1.49 bits per heavy atom. The second kappa shape index (κ2) is 17.7. The predicted molar refractivity (Wildman–Crippen MR) is 165 cm³/mol.